The summed E-state index contributed by atoms with van der Waals surface area (Å²) in [7, 11) is 0. The first-order valence-corrected chi connectivity index (χ1v) is 10.1. The van der Waals surface area contributed by atoms with Crippen LogP contribution in [0.3, 0.4) is 0 Å². The molecule has 1 atom stereocenters. The Morgan fingerprint density at radius 1 is 1.29 bits per heavy atom. The Hall–Kier alpha value is -2.61. The van der Waals surface area contributed by atoms with Gasteiger partial charge in [0.1, 0.15) is 0 Å². The summed E-state index contributed by atoms with van der Waals surface area (Å²) < 4.78 is 6.16. The number of pyridine rings is 2. The molecule has 8 heteroatoms. The molecule has 1 aliphatic heterocycles. The number of hydrogen-bond acceptors (Lipinski definition) is 6. The third-order valence-corrected chi connectivity index (χ3v) is 5.34. The van der Waals surface area contributed by atoms with Crippen molar-refractivity contribution in [2.75, 3.05) is 13.1 Å². The third-order valence-electron chi connectivity index (χ3n) is 4.91. The number of amides is 1. The molecule has 1 aliphatic rings. The van der Waals surface area contributed by atoms with Crippen LogP contribution in [0.4, 0.5) is 0 Å². The number of rotatable bonds is 5. The van der Waals surface area contributed by atoms with E-state index in [9.17, 15) is 4.79 Å². The van der Waals surface area contributed by atoms with Crippen molar-refractivity contribution in [3.63, 3.8) is 0 Å². The second-order valence-corrected chi connectivity index (χ2v) is 7.86. The number of carbonyl (C=O) groups excluding carboxylic acids is 1. The van der Waals surface area contributed by atoms with Gasteiger partial charge in [0.25, 0.3) is 11.8 Å². The smallest absolute Gasteiger partial charge is 0.259 e. The number of halogens is 1. The molecule has 4 rings (SSSR count). The van der Waals surface area contributed by atoms with Crippen LogP contribution < -0.4 is 0 Å². The van der Waals surface area contributed by atoms with E-state index in [1.165, 1.54) is 0 Å². The van der Waals surface area contributed by atoms with Crippen LogP contribution in [0.2, 0.25) is 0 Å². The molecule has 1 fully saturated rings. The Morgan fingerprint density at radius 3 is 3.04 bits per heavy atom. The van der Waals surface area contributed by atoms with Crippen LogP contribution in [0.5, 0.6) is 0 Å². The van der Waals surface area contributed by atoms with E-state index in [4.69, 9.17) is 4.52 Å². The van der Waals surface area contributed by atoms with Crippen molar-refractivity contribution >= 4 is 21.8 Å². The van der Waals surface area contributed by atoms with Gasteiger partial charge in [0.2, 0.25) is 0 Å². The molecule has 7 nitrogen and oxygen atoms in total. The summed E-state index contributed by atoms with van der Waals surface area (Å²) in [5.74, 6) is 1.65. The van der Waals surface area contributed by atoms with Crippen molar-refractivity contribution in [2.24, 2.45) is 5.92 Å². The monoisotopic (exact) mass is 441 g/mol. The van der Waals surface area contributed by atoms with Crippen LogP contribution >= 0.6 is 15.9 Å². The lowest BCUT2D eigenvalue weighted by Gasteiger charge is -2.32. The van der Waals surface area contributed by atoms with Crippen LogP contribution in [-0.2, 0) is 6.42 Å². The second-order valence-electron chi connectivity index (χ2n) is 6.95. The van der Waals surface area contributed by atoms with Gasteiger partial charge in [-0.1, -0.05) is 5.16 Å². The zero-order chi connectivity index (χ0) is 19.3. The van der Waals surface area contributed by atoms with Crippen molar-refractivity contribution in [1.29, 1.82) is 0 Å². The number of nitrogens with zero attached hydrogens (tertiary/aromatic N) is 5. The molecule has 1 saturated heterocycles. The molecule has 28 heavy (non-hydrogen) atoms. The fourth-order valence-electron chi connectivity index (χ4n) is 3.49. The number of hydrogen-bond donors (Lipinski definition) is 0. The van der Waals surface area contributed by atoms with Crippen molar-refractivity contribution < 1.29 is 9.32 Å². The largest absolute Gasteiger partial charge is 0.338 e. The molecule has 4 heterocycles. The summed E-state index contributed by atoms with van der Waals surface area (Å²) >= 11 is 3.38. The first kappa shape index (κ1) is 18.7. The van der Waals surface area contributed by atoms with Crippen LogP contribution in [0.15, 0.2) is 52.0 Å². The maximum absolute atomic E-state index is 12.8. The molecule has 0 aliphatic carbocycles. The molecule has 0 bridgehead atoms. The summed E-state index contributed by atoms with van der Waals surface area (Å²) in [5, 5.41) is 4.08. The molecule has 0 saturated carbocycles. The minimum atomic E-state index is 0.0388. The van der Waals surface area contributed by atoms with E-state index in [0.717, 1.165) is 48.8 Å². The van der Waals surface area contributed by atoms with E-state index >= 15 is 0 Å². The molecule has 3 aromatic heterocycles. The summed E-state index contributed by atoms with van der Waals surface area (Å²) in [6.45, 7) is 1.54. The van der Waals surface area contributed by atoms with E-state index in [1.807, 2.05) is 23.1 Å². The molecule has 0 aromatic carbocycles. The predicted molar refractivity (Wildman–Crippen MR) is 106 cm³/mol. The predicted octanol–water partition coefficient (Wildman–Crippen LogP) is 3.77. The van der Waals surface area contributed by atoms with Gasteiger partial charge in [-0.05, 0) is 59.3 Å². The topological polar surface area (TPSA) is 85.0 Å². The molecular formula is C20H20BrN5O2. The lowest BCUT2D eigenvalue weighted by Crippen LogP contribution is -2.40. The van der Waals surface area contributed by atoms with E-state index in [2.05, 4.69) is 36.0 Å². The highest BCUT2D eigenvalue weighted by atomic mass is 79.9. The van der Waals surface area contributed by atoms with Crippen LogP contribution in [0.25, 0.3) is 11.5 Å². The van der Waals surface area contributed by atoms with Gasteiger partial charge in [0.05, 0.1) is 11.1 Å². The molecule has 0 spiro atoms. The van der Waals surface area contributed by atoms with Crippen LogP contribution in [-0.4, -0.2) is 44.0 Å². The zero-order valence-corrected chi connectivity index (χ0v) is 16.9. The van der Waals surface area contributed by atoms with E-state index < -0.39 is 0 Å². The Kier molecular flexibility index (Phi) is 5.76. The van der Waals surface area contributed by atoms with E-state index in [1.54, 1.807) is 24.8 Å². The quantitative estimate of drug-likeness (QED) is 0.598. The number of piperidine rings is 1. The Balaban J connectivity index is 1.34. The van der Waals surface area contributed by atoms with E-state index in [0.29, 0.717) is 23.2 Å². The fraction of sp³-hybridized carbons (Fsp3) is 0.350. The van der Waals surface area contributed by atoms with Crippen LogP contribution in [0.1, 0.15) is 35.4 Å². The molecule has 3 aromatic rings. The summed E-state index contributed by atoms with van der Waals surface area (Å²) in [6.07, 6.45) is 10.5. The number of aromatic nitrogens is 4. The maximum Gasteiger partial charge on any atom is 0.259 e. The average molecular weight is 442 g/mol. The summed E-state index contributed by atoms with van der Waals surface area (Å²) in [5.41, 5.74) is 1.44. The highest BCUT2D eigenvalue weighted by Crippen LogP contribution is 2.24. The third kappa shape index (κ3) is 4.44. The van der Waals surface area contributed by atoms with Gasteiger partial charge in [-0.25, -0.2) is 0 Å². The highest BCUT2D eigenvalue weighted by Gasteiger charge is 2.25. The first-order chi connectivity index (χ1) is 13.7. The summed E-state index contributed by atoms with van der Waals surface area (Å²) in [6, 6.07) is 5.55. The van der Waals surface area contributed by atoms with Crippen molar-refractivity contribution in [3.8, 4) is 11.5 Å². The Bertz CT molecular complexity index is 947. The zero-order valence-electron chi connectivity index (χ0n) is 15.3. The fourth-order valence-corrected chi connectivity index (χ4v) is 3.86. The van der Waals surface area contributed by atoms with Gasteiger partial charge in [0, 0.05) is 48.8 Å². The lowest BCUT2D eigenvalue weighted by molar-refractivity contribution is 0.0667. The number of carbonyl (C=O) groups is 1. The molecule has 144 valence electrons. The van der Waals surface area contributed by atoms with Gasteiger partial charge in [0.15, 0.2) is 5.82 Å². The molecule has 1 unspecified atom stereocenters. The number of likely N-dealkylation sites (tertiary alicyclic amines) is 1. The van der Waals surface area contributed by atoms with Crippen molar-refractivity contribution in [2.45, 2.75) is 25.7 Å². The van der Waals surface area contributed by atoms with Crippen molar-refractivity contribution in [3.05, 3.63) is 58.8 Å². The highest BCUT2D eigenvalue weighted by molar-refractivity contribution is 9.10. The first-order valence-electron chi connectivity index (χ1n) is 9.32. The maximum atomic E-state index is 12.8. The normalized spacial score (nSPS) is 16.9. The van der Waals surface area contributed by atoms with Gasteiger partial charge in [-0.3, -0.25) is 14.8 Å². The van der Waals surface area contributed by atoms with Gasteiger partial charge in [-0.2, -0.15) is 4.98 Å². The SMILES string of the molecule is O=C(c1cncc(Br)c1)N1CCCC(CCc2noc(-c3cccnc3)n2)C1. The van der Waals surface area contributed by atoms with Gasteiger partial charge >= 0.3 is 0 Å². The minimum absolute atomic E-state index is 0.0388. The molecular weight excluding hydrogens is 422 g/mol. The second kappa shape index (κ2) is 8.60. The summed E-state index contributed by atoms with van der Waals surface area (Å²) in [4.78, 5) is 27.3. The standard InChI is InChI=1S/C20H20BrN5O2/c21-17-9-16(11-23-12-17)20(27)26-8-2-3-14(13-26)5-6-18-24-19(28-25-18)15-4-1-7-22-10-15/h1,4,7,9-12,14H,2-3,5-6,8,13H2. The van der Waals surface area contributed by atoms with Crippen LogP contribution in [0, 0.1) is 5.92 Å². The molecule has 0 radical (unpaired) electrons. The van der Waals surface area contributed by atoms with E-state index in [-0.39, 0.29) is 5.91 Å². The Labute approximate surface area is 171 Å². The minimum Gasteiger partial charge on any atom is -0.338 e. The molecule has 0 N–H and O–H groups in total. The lowest BCUT2D eigenvalue weighted by atomic mass is 9.93. The Morgan fingerprint density at radius 2 is 2.21 bits per heavy atom. The molecule has 1 amide bonds. The van der Waals surface area contributed by atoms with Gasteiger partial charge < -0.3 is 9.42 Å². The average Bonchev–Trinajstić information content (AvgIpc) is 3.22. The number of aryl methyl sites for hydroxylation is 1. The van der Waals surface area contributed by atoms with Crippen molar-refractivity contribution in [1.82, 2.24) is 25.0 Å². The van der Waals surface area contributed by atoms with Gasteiger partial charge in [-0.15, -0.1) is 0 Å².